The molecule has 0 fully saturated rings. The van der Waals surface area contributed by atoms with Crippen LogP contribution >= 0.6 is 12.6 Å². The van der Waals surface area contributed by atoms with Crippen LogP contribution in [0.3, 0.4) is 0 Å². The van der Waals surface area contributed by atoms with Gasteiger partial charge in [-0.05, 0) is 35.0 Å². The van der Waals surface area contributed by atoms with Gasteiger partial charge in [0, 0.05) is 4.75 Å². The van der Waals surface area contributed by atoms with Gasteiger partial charge in [-0.15, -0.1) is 0 Å². The summed E-state index contributed by atoms with van der Waals surface area (Å²) in [5.41, 5.74) is 0.989. The number of hydrogen-bond acceptors (Lipinski definition) is 1. The van der Waals surface area contributed by atoms with Crippen LogP contribution in [0.25, 0.3) is 0 Å². The van der Waals surface area contributed by atoms with Gasteiger partial charge in [0.1, 0.15) is 0 Å². The van der Waals surface area contributed by atoms with Crippen LogP contribution in [0.4, 0.5) is 0 Å². The van der Waals surface area contributed by atoms with Crippen molar-refractivity contribution in [3.05, 3.63) is 0 Å². The molecular weight excluding hydrogens is 260 g/mol. The van der Waals surface area contributed by atoms with Gasteiger partial charge in [-0.2, -0.15) is 12.6 Å². The molecule has 0 saturated carbocycles. The molecule has 0 N–H and O–H groups in total. The van der Waals surface area contributed by atoms with Crippen LogP contribution in [-0.4, -0.2) is 4.75 Å². The van der Waals surface area contributed by atoms with Crippen molar-refractivity contribution in [1.82, 2.24) is 0 Å². The van der Waals surface area contributed by atoms with E-state index in [9.17, 15) is 0 Å². The second-order valence-electron chi connectivity index (χ2n) is 9.70. The predicted octanol–water partition coefficient (Wildman–Crippen LogP) is 7.09. The van der Waals surface area contributed by atoms with Crippen LogP contribution in [0, 0.1) is 28.1 Å². The standard InChI is InChI=1S/C10H22S.C9H20/c1-8(2,3)10(7,11)9(4,5)6;1-7(2)9(5,6)8(3)4/h11H,1-7H3;7-8H,1-6H3. The SMILES string of the molecule is CC(C)(C)C(C)(S)C(C)(C)C.CC(C)C(C)(C)C(C)C. The van der Waals surface area contributed by atoms with Crippen molar-refractivity contribution in [2.45, 2.75) is 94.8 Å². The van der Waals surface area contributed by atoms with Crippen molar-refractivity contribution in [1.29, 1.82) is 0 Å². The number of rotatable bonds is 2. The first-order valence-corrected chi connectivity index (χ1v) is 8.56. The van der Waals surface area contributed by atoms with Gasteiger partial charge < -0.3 is 0 Å². The maximum atomic E-state index is 4.75. The number of thiol groups is 1. The van der Waals surface area contributed by atoms with E-state index >= 15 is 0 Å². The Balaban J connectivity index is 0. The highest BCUT2D eigenvalue weighted by Crippen LogP contribution is 2.48. The Morgan fingerprint density at radius 3 is 0.750 bits per heavy atom. The smallest absolute Gasteiger partial charge is 0.0198 e. The zero-order valence-corrected chi connectivity index (χ0v) is 17.5. The van der Waals surface area contributed by atoms with E-state index in [0.29, 0.717) is 5.41 Å². The van der Waals surface area contributed by atoms with E-state index in [-0.39, 0.29) is 15.6 Å². The molecule has 0 aliphatic rings. The van der Waals surface area contributed by atoms with Crippen molar-refractivity contribution < 1.29 is 0 Å². The Kier molecular flexibility index (Phi) is 8.00. The quantitative estimate of drug-likeness (QED) is 0.517. The topological polar surface area (TPSA) is 0 Å². The van der Waals surface area contributed by atoms with Gasteiger partial charge in [0.15, 0.2) is 0 Å². The molecule has 0 amide bonds. The van der Waals surface area contributed by atoms with Crippen LogP contribution in [0.5, 0.6) is 0 Å². The largest absolute Gasteiger partial charge is 0.172 e. The molecule has 0 heterocycles. The molecule has 0 rings (SSSR count). The molecule has 124 valence electrons. The summed E-state index contributed by atoms with van der Waals surface area (Å²) < 4.78 is 0.0694. The van der Waals surface area contributed by atoms with Gasteiger partial charge in [0.25, 0.3) is 0 Å². The molecule has 0 spiro atoms. The fraction of sp³-hybridized carbons (Fsp3) is 1.00. The first kappa shape index (κ1) is 22.6. The average molecular weight is 303 g/mol. The van der Waals surface area contributed by atoms with E-state index < -0.39 is 0 Å². The third kappa shape index (κ3) is 6.00. The zero-order chi connectivity index (χ0) is 17.2. The Labute approximate surface area is 135 Å². The molecule has 1 heteroatoms. The Morgan fingerprint density at radius 1 is 0.550 bits per heavy atom. The maximum absolute atomic E-state index is 4.75. The highest BCUT2D eigenvalue weighted by atomic mass is 32.1. The fourth-order valence-corrected chi connectivity index (χ4v) is 1.79. The summed E-state index contributed by atoms with van der Waals surface area (Å²) in [6.45, 7) is 29.5. The van der Waals surface area contributed by atoms with E-state index in [1.807, 2.05) is 0 Å². The van der Waals surface area contributed by atoms with E-state index in [4.69, 9.17) is 12.6 Å². The van der Waals surface area contributed by atoms with Crippen molar-refractivity contribution in [3.8, 4) is 0 Å². The minimum Gasteiger partial charge on any atom is -0.172 e. The maximum Gasteiger partial charge on any atom is 0.0198 e. The Bertz CT molecular complexity index is 243. The van der Waals surface area contributed by atoms with Gasteiger partial charge in [0.05, 0.1) is 0 Å². The normalized spacial score (nSPS) is 14.4. The number of hydrogen-bond donors (Lipinski definition) is 1. The highest BCUT2D eigenvalue weighted by molar-refractivity contribution is 7.81. The summed E-state index contributed by atoms with van der Waals surface area (Å²) in [6, 6.07) is 0. The van der Waals surface area contributed by atoms with Crippen molar-refractivity contribution in [2.75, 3.05) is 0 Å². The zero-order valence-electron chi connectivity index (χ0n) is 16.6. The van der Waals surface area contributed by atoms with E-state index in [2.05, 4.69) is 90.0 Å². The van der Waals surface area contributed by atoms with Crippen LogP contribution in [-0.2, 0) is 0 Å². The molecule has 0 aromatic heterocycles. The first-order valence-electron chi connectivity index (χ1n) is 8.11. The summed E-state index contributed by atoms with van der Waals surface area (Å²) in [4.78, 5) is 0. The molecule has 0 aliphatic heterocycles. The van der Waals surface area contributed by atoms with Crippen molar-refractivity contribution in [3.63, 3.8) is 0 Å². The summed E-state index contributed by atoms with van der Waals surface area (Å²) in [5.74, 6) is 1.58. The summed E-state index contributed by atoms with van der Waals surface area (Å²) in [7, 11) is 0. The van der Waals surface area contributed by atoms with Gasteiger partial charge in [-0.3, -0.25) is 0 Å². The third-order valence-electron chi connectivity index (χ3n) is 5.90. The summed E-state index contributed by atoms with van der Waals surface area (Å²) >= 11 is 4.75. The Hall–Kier alpha value is 0.350. The molecule has 0 aromatic rings. The predicted molar refractivity (Wildman–Crippen MR) is 99.8 cm³/mol. The van der Waals surface area contributed by atoms with Crippen LogP contribution < -0.4 is 0 Å². The minimum atomic E-state index is 0.0694. The second kappa shape index (κ2) is 7.07. The van der Waals surface area contributed by atoms with Gasteiger partial charge in [-0.25, -0.2) is 0 Å². The second-order valence-corrected chi connectivity index (χ2v) is 10.6. The van der Waals surface area contributed by atoms with Gasteiger partial charge in [0.2, 0.25) is 0 Å². The van der Waals surface area contributed by atoms with Crippen LogP contribution in [0.15, 0.2) is 0 Å². The molecule has 0 aromatic carbocycles. The lowest BCUT2D eigenvalue weighted by Crippen LogP contribution is -2.45. The van der Waals surface area contributed by atoms with Crippen molar-refractivity contribution in [2.24, 2.45) is 28.1 Å². The molecule has 0 bridgehead atoms. The Morgan fingerprint density at radius 2 is 0.750 bits per heavy atom. The van der Waals surface area contributed by atoms with Crippen LogP contribution in [0.1, 0.15) is 90.0 Å². The molecule has 0 unspecified atom stereocenters. The lowest BCUT2D eigenvalue weighted by Gasteiger charge is -2.47. The molecule has 0 radical (unpaired) electrons. The lowest BCUT2D eigenvalue weighted by molar-refractivity contribution is 0.160. The fourth-order valence-electron chi connectivity index (χ4n) is 1.79. The first-order chi connectivity index (χ1) is 8.39. The van der Waals surface area contributed by atoms with Crippen molar-refractivity contribution >= 4 is 12.6 Å². The van der Waals surface area contributed by atoms with E-state index in [1.54, 1.807) is 0 Å². The molecule has 0 atom stereocenters. The molecule has 0 saturated heterocycles. The summed E-state index contributed by atoms with van der Waals surface area (Å²) in [5, 5.41) is 0. The van der Waals surface area contributed by atoms with Gasteiger partial charge >= 0.3 is 0 Å². The average Bonchev–Trinajstić information content (AvgIpc) is 2.14. The monoisotopic (exact) mass is 302 g/mol. The van der Waals surface area contributed by atoms with E-state index in [1.165, 1.54) is 0 Å². The minimum absolute atomic E-state index is 0.0694. The molecular formula is C19H42S. The highest BCUT2D eigenvalue weighted by Gasteiger charge is 2.43. The van der Waals surface area contributed by atoms with E-state index in [0.717, 1.165) is 11.8 Å². The van der Waals surface area contributed by atoms with Gasteiger partial charge in [-0.1, -0.05) is 83.1 Å². The lowest BCUT2D eigenvalue weighted by atomic mass is 9.67. The molecule has 0 aliphatic carbocycles. The summed E-state index contributed by atoms with van der Waals surface area (Å²) in [6.07, 6.45) is 0. The molecule has 0 nitrogen and oxygen atoms in total. The molecule has 20 heavy (non-hydrogen) atoms. The third-order valence-corrected chi connectivity index (χ3v) is 7.24. The van der Waals surface area contributed by atoms with Crippen LogP contribution in [0.2, 0.25) is 0 Å².